The molecule has 0 aliphatic carbocycles. The molecule has 1 aliphatic heterocycles. The molecular formula is C25H25NO6. The van der Waals surface area contributed by atoms with Crippen molar-refractivity contribution in [3.05, 3.63) is 66.2 Å². The maximum Gasteiger partial charge on any atom is 0.322 e. The van der Waals surface area contributed by atoms with Gasteiger partial charge in [0.1, 0.15) is 0 Å². The summed E-state index contributed by atoms with van der Waals surface area (Å²) in [6.45, 7) is 3.83. The topological polar surface area (TPSA) is 83.1 Å². The quantitative estimate of drug-likeness (QED) is 0.413. The van der Waals surface area contributed by atoms with Crippen LogP contribution in [0, 0.1) is 5.92 Å². The van der Waals surface area contributed by atoms with Crippen molar-refractivity contribution in [2.75, 3.05) is 25.3 Å². The van der Waals surface area contributed by atoms with Crippen molar-refractivity contribution in [2.24, 2.45) is 5.92 Å². The number of carbonyl (C=O) groups is 2. The van der Waals surface area contributed by atoms with E-state index in [1.165, 1.54) is 0 Å². The fourth-order valence-corrected chi connectivity index (χ4v) is 3.76. The van der Waals surface area contributed by atoms with Crippen molar-refractivity contribution in [2.45, 2.75) is 19.9 Å². The van der Waals surface area contributed by atoms with E-state index in [1.54, 1.807) is 32.0 Å². The zero-order chi connectivity index (χ0) is 22.5. The largest absolute Gasteiger partial charge is 0.465 e. The zero-order valence-corrected chi connectivity index (χ0v) is 18.0. The van der Waals surface area contributed by atoms with E-state index in [0.717, 1.165) is 16.5 Å². The fourth-order valence-electron chi connectivity index (χ4n) is 3.76. The summed E-state index contributed by atoms with van der Waals surface area (Å²) in [5.74, 6) is -1.34. The van der Waals surface area contributed by atoms with Crippen LogP contribution >= 0.6 is 0 Å². The third-order valence-corrected chi connectivity index (χ3v) is 5.24. The van der Waals surface area contributed by atoms with Gasteiger partial charge in [-0.25, -0.2) is 0 Å². The second kappa shape index (κ2) is 9.60. The molecule has 1 aliphatic rings. The molecule has 3 aromatic carbocycles. The molecule has 0 fully saturated rings. The van der Waals surface area contributed by atoms with Crippen LogP contribution in [0.4, 0.5) is 5.69 Å². The van der Waals surface area contributed by atoms with Crippen LogP contribution in [-0.2, 0) is 19.1 Å². The Kier molecular flexibility index (Phi) is 6.44. The highest BCUT2D eigenvalue weighted by atomic mass is 16.7. The number of carbonyl (C=O) groups excluding carboxylic acids is 2. The number of nitrogens with one attached hydrogen (secondary N) is 1. The molecule has 1 heterocycles. The van der Waals surface area contributed by atoms with E-state index >= 15 is 0 Å². The molecule has 0 radical (unpaired) electrons. The minimum atomic E-state index is -1.21. The molecule has 4 rings (SSSR count). The lowest BCUT2D eigenvalue weighted by molar-refractivity contribution is -0.162. The Morgan fingerprint density at radius 3 is 2.28 bits per heavy atom. The smallest absolute Gasteiger partial charge is 0.322 e. The standard InChI is InChI=1S/C25H25NO6/c1-3-29-24(27)22(25(28)30-4-2)23(18-10-12-20-21(14-18)32-15-31-20)26-19-11-9-16-7-5-6-8-17(16)13-19/h5-14,22-23,26H,3-4,15H2,1-2H3. The van der Waals surface area contributed by atoms with Crippen LogP contribution in [0.2, 0.25) is 0 Å². The molecule has 0 bridgehead atoms. The molecule has 1 atom stereocenters. The minimum absolute atomic E-state index is 0.126. The maximum absolute atomic E-state index is 12.9. The van der Waals surface area contributed by atoms with Gasteiger partial charge in [-0.1, -0.05) is 36.4 Å². The highest BCUT2D eigenvalue weighted by molar-refractivity contribution is 5.96. The molecule has 166 valence electrons. The Bertz CT molecular complexity index is 1110. The van der Waals surface area contributed by atoms with Crippen molar-refractivity contribution in [3.63, 3.8) is 0 Å². The molecule has 7 heteroatoms. The molecule has 3 aromatic rings. The summed E-state index contributed by atoms with van der Waals surface area (Å²) in [5.41, 5.74) is 1.43. The van der Waals surface area contributed by atoms with Crippen LogP contribution in [0.3, 0.4) is 0 Å². The van der Waals surface area contributed by atoms with Gasteiger partial charge in [0.05, 0.1) is 19.3 Å². The molecule has 1 unspecified atom stereocenters. The van der Waals surface area contributed by atoms with E-state index in [2.05, 4.69) is 5.32 Å². The first-order chi connectivity index (χ1) is 15.6. The van der Waals surface area contributed by atoms with Crippen molar-refractivity contribution >= 4 is 28.4 Å². The number of fused-ring (bicyclic) bond motifs is 2. The van der Waals surface area contributed by atoms with Gasteiger partial charge in [0.15, 0.2) is 17.4 Å². The number of esters is 2. The lowest BCUT2D eigenvalue weighted by Gasteiger charge is -2.27. The Morgan fingerprint density at radius 1 is 0.875 bits per heavy atom. The summed E-state index contributed by atoms with van der Waals surface area (Å²) < 4.78 is 21.4. The van der Waals surface area contributed by atoms with Gasteiger partial charge in [0, 0.05) is 5.69 Å². The molecule has 7 nitrogen and oxygen atoms in total. The number of ether oxygens (including phenoxy) is 4. The molecule has 0 amide bonds. The Morgan fingerprint density at radius 2 is 1.56 bits per heavy atom. The Labute approximate surface area is 186 Å². The van der Waals surface area contributed by atoms with Crippen molar-refractivity contribution < 1.29 is 28.5 Å². The summed E-state index contributed by atoms with van der Waals surface area (Å²) in [6, 6.07) is 18.4. The second-order valence-corrected chi connectivity index (χ2v) is 7.28. The van der Waals surface area contributed by atoms with Gasteiger partial charge in [-0.2, -0.15) is 0 Å². The average Bonchev–Trinajstić information content (AvgIpc) is 3.27. The summed E-state index contributed by atoms with van der Waals surface area (Å²) in [7, 11) is 0. The van der Waals surface area contributed by atoms with E-state index in [-0.39, 0.29) is 20.0 Å². The van der Waals surface area contributed by atoms with Gasteiger partial charge < -0.3 is 24.3 Å². The van der Waals surface area contributed by atoms with Gasteiger partial charge in [-0.3, -0.25) is 9.59 Å². The molecule has 1 N–H and O–H groups in total. The maximum atomic E-state index is 12.9. The van der Waals surface area contributed by atoms with Crippen molar-refractivity contribution in [1.82, 2.24) is 0 Å². The van der Waals surface area contributed by atoms with Gasteiger partial charge >= 0.3 is 11.9 Å². The first-order valence-corrected chi connectivity index (χ1v) is 10.6. The van der Waals surface area contributed by atoms with Gasteiger partial charge in [0.2, 0.25) is 6.79 Å². The highest BCUT2D eigenvalue weighted by Crippen LogP contribution is 2.38. The number of hydrogen-bond donors (Lipinski definition) is 1. The summed E-state index contributed by atoms with van der Waals surface area (Å²) >= 11 is 0. The minimum Gasteiger partial charge on any atom is -0.465 e. The second-order valence-electron chi connectivity index (χ2n) is 7.28. The van der Waals surface area contributed by atoms with E-state index in [4.69, 9.17) is 18.9 Å². The number of anilines is 1. The third-order valence-electron chi connectivity index (χ3n) is 5.24. The van der Waals surface area contributed by atoms with E-state index < -0.39 is 23.9 Å². The van der Waals surface area contributed by atoms with Crippen LogP contribution in [-0.4, -0.2) is 31.9 Å². The van der Waals surface area contributed by atoms with Crippen molar-refractivity contribution in [1.29, 1.82) is 0 Å². The predicted molar refractivity (Wildman–Crippen MR) is 120 cm³/mol. The lowest BCUT2D eigenvalue weighted by atomic mass is 9.92. The van der Waals surface area contributed by atoms with Gasteiger partial charge in [-0.05, 0) is 54.4 Å². The highest BCUT2D eigenvalue weighted by Gasteiger charge is 2.39. The van der Waals surface area contributed by atoms with Gasteiger partial charge in [-0.15, -0.1) is 0 Å². The fraction of sp³-hybridized carbons (Fsp3) is 0.280. The van der Waals surface area contributed by atoms with Gasteiger partial charge in [0.25, 0.3) is 0 Å². The third kappa shape index (κ3) is 4.46. The van der Waals surface area contributed by atoms with E-state index in [0.29, 0.717) is 17.1 Å². The normalized spacial score (nSPS) is 13.1. The summed E-state index contributed by atoms with van der Waals surface area (Å²) in [6.07, 6.45) is 0. The molecule has 32 heavy (non-hydrogen) atoms. The lowest BCUT2D eigenvalue weighted by Crippen LogP contribution is -2.36. The molecular weight excluding hydrogens is 410 g/mol. The predicted octanol–water partition coefficient (Wildman–Crippen LogP) is 4.46. The Balaban J connectivity index is 1.76. The van der Waals surface area contributed by atoms with Crippen LogP contribution in [0.15, 0.2) is 60.7 Å². The summed E-state index contributed by atoms with van der Waals surface area (Å²) in [5, 5.41) is 5.48. The van der Waals surface area contributed by atoms with E-state index in [9.17, 15) is 9.59 Å². The first-order valence-electron chi connectivity index (χ1n) is 10.6. The average molecular weight is 435 g/mol. The molecule has 0 saturated heterocycles. The van der Waals surface area contributed by atoms with Crippen LogP contribution in [0.25, 0.3) is 10.8 Å². The van der Waals surface area contributed by atoms with Crippen LogP contribution in [0.5, 0.6) is 11.5 Å². The first kappa shape index (κ1) is 21.5. The number of rotatable bonds is 8. The van der Waals surface area contributed by atoms with Crippen molar-refractivity contribution in [3.8, 4) is 11.5 Å². The molecule has 0 spiro atoms. The SMILES string of the molecule is CCOC(=O)C(C(=O)OCC)C(Nc1ccc2ccccc2c1)c1ccc2c(c1)OCO2. The number of hydrogen-bond acceptors (Lipinski definition) is 7. The molecule has 0 aromatic heterocycles. The monoisotopic (exact) mass is 435 g/mol. The van der Waals surface area contributed by atoms with E-state index in [1.807, 2.05) is 42.5 Å². The van der Waals surface area contributed by atoms with Crippen LogP contribution in [0.1, 0.15) is 25.5 Å². The number of benzene rings is 3. The molecule has 0 saturated carbocycles. The zero-order valence-electron chi connectivity index (χ0n) is 18.0. The van der Waals surface area contributed by atoms with Crippen LogP contribution < -0.4 is 14.8 Å². The summed E-state index contributed by atoms with van der Waals surface area (Å²) in [4.78, 5) is 25.8. The Hall–Kier alpha value is -3.74.